The quantitative estimate of drug-likeness (QED) is 0.845. The third-order valence-corrected chi connectivity index (χ3v) is 3.25. The Labute approximate surface area is 105 Å². The van der Waals surface area contributed by atoms with Crippen molar-refractivity contribution in [1.82, 2.24) is 10.6 Å². The molecule has 2 rings (SSSR count). The van der Waals surface area contributed by atoms with E-state index in [0.717, 1.165) is 37.6 Å². The lowest BCUT2D eigenvalue weighted by Crippen LogP contribution is -2.52. The molecule has 98 valence electrons. The molecule has 2 unspecified atom stereocenters. The molecule has 0 radical (unpaired) electrons. The van der Waals surface area contributed by atoms with E-state index in [0.29, 0.717) is 0 Å². The lowest BCUT2D eigenvalue weighted by Gasteiger charge is -2.30. The molecule has 1 aliphatic heterocycles. The fourth-order valence-corrected chi connectivity index (χ4v) is 2.16. The number of carbonyl (C=O) groups excluding carboxylic acids is 1. The number of nitrogens with one attached hydrogen (secondary N) is 2. The fourth-order valence-electron chi connectivity index (χ4n) is 2.16. The SMILES string of the molecule is CC1NCCCC1NC(=O)c1cc(F)ccc1F. The number of rotatable bonds is 2. The maximum absolute atomic E-state index is 13.4. The molecule has 0 aliphatic carbocycles. The van der Waals surface area contributed by atoms with Gasteiger partial charge in [0.05, 0.1) is 5.56 Å². The monoisotopic (exact) mass is 254 g/mol. The highest BCUT2D eigenvalue weighted by atomic mass is 19.1. The Morgan fingerprint density at radius 3 is 2.94 bits per heavy atom. The summed E-state index contributed by atoms with van der Waals surface area (Å²) in [5.74, 6) is -1.88. The lowest BCUT2D eigenvalue weighted by molar-refractivity contribution is 0.0915. The van der Waals surface area contributed by atoms with Crippen LogP contribution in [0.5, 0.6) is 0 Å². The first-order valence-electron chi connectivity index (χ1n) is 6.07. The molecular weight excluding hydrogens is 238 g/mol. The van der Waals surface area contributed by atoms with Crippen molar-refractivity contribution in [1.29, 1.82) is 0 Å². The van der Waals surface area contributed by atoms with Gasteiger partial charge in [-0.1, -0.05) is 0 Å². The smallest absolute Gasteiger partial charge is 0.254 e. The van der Waals surface area contributed by atoms with Gasteiger partial charge in [-0.3, -0.25) is 4.79 Å². The van der Waals surface area contributed by atoms with E-state index in [2.05, 4.69) is 10.6 Å². The van der Waals surface area contributed by atoms with Gasteiger partial charge in [0, 0.05) is 12.1 Å². The largest absolute Gasteiger partial charge is 0.348 e. The Kier molecular flexibility index (Phi) is 3.91. The summed E-state index contributed by atoms with van der Waals surface area (Å²) >= 11 is 0. The molecule has 1 heterocycles. The molecule has 5 heteroatoms. The van der Waals surface area contributed by atoms with Crippen molar-refractivity contribution in [3.63, 3.8) is 0 Å². The minimum atomic E-state index is -0.703. The summed E-state index contributed by atoms with van der Waals surface area (Å²) in [7, 11) is 0. The Morgan fingerprint density at radius 2 is 2.22 bits per heavy atom. The van der Waals surface area contributed by atoms with Gasteiger partial charge in [-0.05, 0) is 44.5 Å². The van der Waals surface area contributed by atoms with E-state index < -0.39 is 17.5 Å². The molecule has 18 heavy (non-hydrogen) atoms. The summed E-state index contributed by atoms with van der Waals surface area (Å²) in [4.78, 5) is 11.9. The predicted molar refractivity (Wildman–Crippen MR) is 64.3 cm³/mol. The van der Waals surface area contributed by atoms with Gasteiger partial charge in [0.2, 0.25) is 0 Å². The Bertz CT molecular complexity index is 451. The first-order valence-corrected chi connectivity index (χ1v) is 6.07. The molecule has 0 spiro atoms. The summed E-state index contributed by atoms with van der Waals surface area (Å²) in [6.07, 6.45) is 1.80. The molecule has 1 saturated heterocycles. The van der Waals surface area contributed by atoms with E-state index >= 15 is 0 Å². The number of carbonyl (C=O) groups is 1. The van der Waals surface area contributed by atoms with Crippen LogP contribution < -0.4 is 10.6 Å². The van der Waals surface area contributed by atoms with Crippen LogP contribution >= 0.6 is 0 Å². The Hall–Kier alpha value is -1.49. The lowest BCUT2D eigenvalue weighted by atomic mass is 9.99. The van der Waals surface area contributed by atoms with Gasteiger partial charge in [0.15, 0.2) is 0 Å². The zero-order chi connectivity index (χ0) is 13.1. The van der Waals surface area contributed by atoms with Gasteiger partial charge in [-0.25, -0.2) is 8.78 Å². The first kappa shape index (κ1) is 13.0. The molecule has 0 bridgehead atoms. The van der Waals surface area contributed by atoms with Crippen molar-refractivity contribution >= 4 is 5.91 Å². The third kappa shape index (κ3) is 2.85. The average molecular weight is 254 g/mol. The van der Waals surface area contributed by atoms with Crippen LogP contribution in [0.15, 0.2) is 18.2 Å². The van der Waals surface area contributed by atoms with Crippen molar-refractivity contribution < 1.29 is 13.6 Å². The van der Waals surface area contributed by atoms with Crippen LogP contribution in [0.4, 0.5) is 8.78 Å². The molecule has 0 aromatic heterocycles. The van der Waals surface area contributed by atoms with E-state index in [1.54, 1.807) is 0 Å². The van der Waals surface area contributed by atoms with Crippen molar-refractivity contribution in [2.24, 2.45) is 0 Å². The number of piperidine rings is 1. The standard InChI is InChI=1S/C13H16F2N2O/c1-8-12(3-2-6-16-8)17-13(18)10-7-9(14)4-5-11(10)15/h4-5,7-8,12,16H,2-3,6H2,1H3,(H,17,18). The summed E-state index contributed by atoms with van der Waals surface area (Å²) in [5, 5.41) is 5.98. The van der Waals surface area contributed by atoms with Crippen molar-refractivity contribution in [2.45, 2.75) is 31.8 Å². The second kappa shape index (κ2) is 5.44. The summed E-state index contributed by atoms with van der Waals surface area (Å²) in [6.45, 7) is 2.88. The highest BCUT2D eigenvalue weighted by molar-refractivity contribution is 5.94. The first-order chi connectivity index (χ1) is 8.58. The van der Waals surface area contributed by atoms with E-state index in [4.69, 9.17) is 0 Å². The van der Waals surface area contributed by atoms with Crippen LogP contribution in [-0.4, -0.2) is 24.5 Å². The van der Waals surface area contributed by atoms with Gasteiger partial charge in [-0.15, -0.1) is 0 Å². The van der Waals surface area contributed by atoms with Crippen LogP contribution in [-0.2, 0) is 0 Å². The normalized spacial score (nSPS) is 23.7. The van der Waals surface area contributed by atoms with Crippen molar-refractivity contribution in [2.75, 3.05) is 6.54 Å². The van der Waals surface area contributed by atoms with Crippen LogP contribution in [0, 0.1) is 11.6 Å². The van der Waals surface area contributed by atoms with Gasteiger partial charge in [-0.2, -0.15) is 0 Å². The highest BCUT2D eigenvalue weighted by Crippen LogP contribution is 2.12. The topological polar surface area (TPSA) is 41.1 Å². The van der Waals surface area contributed by atoms with Gasteiger partial charge in [0.1, 0.15) is 11.6 Å². The molecule has 0 saturated carbocycles. The number of hydrogen-bond acceptors (Lipinski definition) is 2. The van der Waals surface area contributed by atoms with E-state index in [-0.39, 0.29) is 17.6 Å². The van der Waals surface area contributed by atoms with E-state index in [9.17, 15) is 13.6 Å². The number of amides is 1. The fraction of sp³-hybridized carbons (Fsp3) is 0.462. The molecule has 1 fully saturated rings. The summed E-state index contributed by atoms with van der Waals surface area (Å²) in [6, 6.07) is 2.98. The number of hydrogen-bond donors (Lipinski definition) is 2. The van der Waals surface area contributed by atoms with Crippen LogP contribution in [0.25, 0.3) is 0 Å². The summed E-state index contributed by atoms with van der Waals surface area (Å²) < 4.78 is 26.4. The molecule has 1 aliphatic rings. The second-order valence-corrected chi connectivity index (χ2v) is 4.59. The number of halogens is 2. The van der Waals surface area contributed by atoms with Gasteiger partial charge < -0.3 is 10.6 Å². The number of benzene rings is 1. The molecule has 1 amide bonds. The van der Waals surface area contributed by atoms with Crippen LogP contribution in [0.1, 0.15) is 30.1 Å². The molecular formula is C13H16F2N2O. The van der Waals surface area contributed by atoms with Crippen molar-refractivity contribution in [3.05, 3.63) is 35.4 Å². The Balaban J connectivity index is 2.09. The predicted octanol–water partition coefficient (Wildman–Crippen LogP) is 1.84. The maximum atomic E-state index is 13.4. The Morgan fingerprint density at radius 1 is 1.44 bits per heavy atom. The minimum absolute atomic E-state index is 0.0473. The summed E-state index contributed by atoms with van der Waals surface area (Å²) in [5.41, 5.74) is -0.243. The van der Waals surface area contributed by atoms with Crippen molar-refractivity contribution in [3.8, 4) is 0 Å². The highest BCUT2D eigenvalue weighted by Gasteiger charge is 2.24. The minimum Gasteiger partial charge on any atom is -0.348 e. The molecule has 2 atom stereocenters. The molecule has 1 aromatic carbocycles. The van der Waals surface area contributed by atoms with E-state index in [1.807, 2.05) is 6.92 Å². The van der Waals surface area contributed by atoms with Crippen LogP contribution in [0.3, 0.4) is 0 Å². The molecule has 3 nitrogen and oxygen atoms in total. The zero-order valence-electron chi connectivity index (χ0n) is 10.2. The van der Waals surface area contributed by atoms with Gasteiger partial charge in [0.25, 0.3) is 5.91 Å². The maximum Gasteiger partial charge on any atom is 0.254 e. The average Bonchev–Trinajstić information content (AvgIpc) is 2.35. The third-order valence-electron chi connectivity index (χ3n) is 3.25. The molecule has 2 N–H and O–H groups in total. The van der Waals surface area contributed by atoms with Crippen LogP contribution in [0.2, 0.25) is 0 Å². The zero-order valence-corrected chi connectivity index (χ0v) is 10.2. The van der Waals surface area contributed by atoms with Gasteiger partial charge >= 0.3 is 0 Å². The van der Waals surface area contributed by atoms with E-state index in [1.165, 1.54) is 0 Å². The molecule has 1 aromatic rings. The second-order valence-electron chi connectivity index (χ2n) is 4.59.